The van der Waals surface area contributed by atoms with Crippen LogP contribution < -0.4 is 11.1 Å². The van der Waals surface area contributed by atoms with Gasteiger partial charge < -0.3 is 11.1 Å². The van der Waals surface area contributed by atoms with E-state index in [0.29, 0.717) is 24.8 Å². The van der Waals surface area contributed by atoms with Gasteiger partial charge in [-0.05, 0) is 43.7 Å². The Hall–Kier alpha value is -1.35. The molecule has 0 saturated heterocycles. The van der Waals surface area contributed by atoms with Crippen molar-refractivity contribution < 1.29 is 4.79 Å². The Bertz CT molecular complexity index is 389. The second-order valence-corrected chi connectivity index (χ2v) is 6.09. The summed E-state index contributed by atoms with van der Waals surface area (Å²) in [4.78, 5) is 12.0. The predicted octanol–water partition coefficient (Wildman–Crippen LogP) is 2.74. The van der Waals surface area contributed by atoms with Crippen molar-refractivity contribution in [3.05, 3.63) is 35.9 Å². The number of carbonyl (C=O) groups is 1. The third-order valence-electron chi connectivity index (χ3n) is 3.40. The fraction of sp³-hybridized carbons (Fsp3) is 0.588. The summed E-state index contributed by atoms with van der Waals surface area (Å²) < 4.78 is 0. The Labute approximate surface area is 122 Å². The molecule has 0 radical (unpaired) electrons. The topological polar surface area (TPSA) is 55.1 Å². The zero-order valence-corrected chi connectivity index (χ0v) is 12.9. The van der Waals surface area contributed by atoms with Crippen LogP contribution in [0.25, 0.3) is 0 Å². The zero-order chi connectivity index (χ0) is 15.0. The molecule has 0 fully saturated rings. The first-order chi connectivity index (χ1) is 9.51. The normalized spacial score (nSPS) is 14.1. The van der Waals surface area contributed by atoms with E-state index in [-0.39, 0.29) is 11.9 Å². The lowest BCUT2D eigenvalue weighted by molar-refractivity contribution is -0.122. The van der Waals surface area contributed by atoms with Gasteiger partial charge in [-0.1, -0.05) is 44.2 Å². The smallest absolute Gasteiger partial charge is 0.220 e. The van der Waals surface area contributed by atoms with Crippen molar-refractivity contribution in [3.8, 4) is 0 Å². The number of carbonyl (C=O) groups excluding carboxylic acids is 1. The quantitative estimate of drug-likeness (QED) is 0.767. The molecule has 3 N–H and O–H groups in total. The summed E-state index contributed by atoms with van der Waals surface area (Å²) in [5, 5.41) is 3.07. The molecule has 0 bridgehead atoms. The number of nitrogens with two attached hydrogens (primary N) is 1. The van der Waals surface area contributed by atoms with Crippen LogP contribution in [-0.2, 0) is 11.2 Å². The van der Waals surface area contributed by atoms with Crippen molar-refractivity contribution in [1.29, 1.82) is 0 Å². The van der Waals surface area contributed by atoms with Gasteiger partial charge in [-0.3, -0.25) is 4.79 Å². The van der Waals surface area contributed by atoms with Gasteiger partial charge in [0.25, 0.3) is 0 Å². The number of hydrogen-bond acceptors (Lipinski definition) is 2. The third-order valence-corrected chi connectivity index (χ3v) is 3.40. The first-order valence-electron chi connectivity index (χ1n) is 7.54. The standard InChI is InChI=1S/C17H28N2O/c1-13(2)9-16(12-18)11-17(20)19-14(3)10-15-7-5-4-6-8-15/h4-8,13-14,16H,9-12,18H2,1-3H3,(H,19,20). The molecule has 0 aliphatic rings. The van der Waals surface area contributed by atoms with Crippen LogP contribution in [0.5, 0.6) is 0 Å². The molecule has 1 aromatic carbocycles. The molecule has 0 heterocycles. The molecule has 112 valence electrons. The van der Waals surface area contributed by atoms with E-state index in [9.17, 15) is 4.79 Å². The van der Waals surface area contributed by atoms with Crippen LogP contribution in [0.2, 0.25) is 0 Å². The van der Waals surface area contributed by atoms with E-state index < -0.39 is 0 Å². The Balaban J connectivity index is 2.37. The Morgan fingerprint density at radius 3 is 2.40 bits per heavy atom. The molecule has 0 aliphatic heterocycles. The highest BCUT2D eigenvalue weighted by Gasteiger charge is 2.15. The van der Waals surface area contributed by atoms with Crippen LogP contribution in [0.3, 0.4) is 0 Å². The molecule has 20 heavy (non-hydrogen) atoms. The SMILES string of the molecule is CC(C)CC(CN)CC(=O)NC(C)Cc1ccccc1. The molecule has 0 aromatic heterocycles. The van der Waals surface area contributed by atoms with Crippen LogP contribution in [0.1, 0.15) is 39.2 Å². The molecule has 3 heteroatoms. The molecule has 0 saturated carbocycles. The first kappa shape index (κ1) is 16.7. The Morgan fingerprint density at radius 2 is 1.85 bits per heavy atom. The van der Waals surface area contributed by atoms with E-state index in [2.05, 4.69) is 31.3 Å². The second-order valence-electron chi connectivity index (χ2n) is 6.09. The molecule has 3 nitrogen and oxygen atoms in total. The van der Waals surface area contributed by atoms with Crippen LogP contribution in [-0.4, -0.2) is 18.5 Å². The summed E-state index contributed by atoms with van der Waals surface area (Å²) >= 11 is 0. The minimum atomic E-state index is 0.115. The summed E-state index contributed by atoms with van der Waals surface area (Å²) in [6, 6.07) is 10.4. The van der Waals surface area contributed by atoms with Gasteiger partial charge in [-0.25, -0.2) is 0 Å². The van der Waals surface area contributed by atoms with E-state index >= 15 is 0 Å². The van der Waals surface area contributed by atoms with Gasteiger partial charge in [0.15, 0.2) is 0 Å². The number of rotatable bonds is 8. The van der Waals surface area contributed by atoms with Crippen LogP contribution in [0.4, 0.5) is 0 Å². The minimum absolute atomic E-state index is 0.115. The Kier molecular flexibility index (Phi) is 7.31. The van der Waals surface area contributed by atoms with Gasteiger partial charge in [-0.15, -0.1) is 0 Å². The Morgan fingerprint density at radius 1 is 1.20 bits per heavy atom. The van der Waals surface area contributed by atoms with Crippen molar-refractivity contribution in [2.45, 2.75) is 46.1 Å². The number of hydrogen-bond donors (Lipinski definition) is 2. The summed E-state index contributed by atoms with van der Waals surface area (Å²) in [7, 11) is 0. The van der Waals surface area contributed by atoms with Gasteiger partial charge in [0.1, 0.15) is 0 Å². The van der Waals surface area contributed by atoms with E-state index in [4.69, 9.17) is 5.73 Å². The van der Waals surface area contributed by atoms with E-state index in [0.717, 1.165) is 12.8 Å². The first-order valence-corrected chi connectivity index (χ1v) is 7.54. The highest BCUT2D eigenvalue weighted by Crippen LogP contribution is 2.14. The van der Waals surface area contributed by atoms with Crippen molar-refractivity contribution in [3.63, 3.8) is 0 Å². The fourth-order valence-electron chi connectivity index (χ4n) is 2.54. The predicted molar refractivity (Wildman–Crippen MR) is 84.4 cm³/mol. The molecule has 0 aliphatic carbocycles. The molecule has 1 amide bonds. The summed E-state index contributed by atoms with van der Waals surface area (Å²) in [6.45, 7) is 6.96. The summed E-state index contributed by atoms with van der Waals surface area (Å²) in [5.41, 5.74) is 6.99. The third kappa shape index (κ3) is 6.71. The molecular weight excluding hydrogens is 248 g/mol. The van der Waals surface area contributed by atoms with Crippen molar-refractivity contribution >= 4 is 5.91 Å². The van der Waals surface area contributed by atoms with Crippen LogP contribution in [0.15, 0.2) is 30.3 Å². The van der Waals surface area contributed by atoms with Crippen molar-refractivity contribution in [1.82, 2.24) is 5.32 Å². The van der Waals surface area contributed by atoms with Gasteiger partial charge in [-0.2, -0.15) is 0 Å². The second kappa shape index (κ2) is 8.75. The maximum Gasteiger partial charge on any atom is 0.220 e. The maximum atomic E-state index is 12.0. The molecule has 2 atom stereocenters. The van der Waals surface area contributed by atoms with Crippen molar-refractivity contribution in [2.75, 3.05) is 6.54 Å². The van der Waals surface area contributed by atoms with Gasteiger partial charge in [0, 0.05) is 12.5 Å². The summed E-state index contributed by atoms with van der Waals surface area (Å²) in [5.74, 6) is 0.988. The molecule has 0 spiro atoms. The lowest BCUT2D eigenvalue weighted by atomic mass is 9.94. The minimum Gasteiger partial charge on any atom is -0.353 e. The van der Waals surface area contributed by atoms with E-state index in [1.807, 2.05) is 25.1 Å². The van der Waals surface area contributed by atoms with E-state index in [1.54, 1.807) is 0 Å². The monoisotopic (exact) mass is 276 g/mol. The van der Waals surface area contributed by atoms with Gasteiger partial charge in [0.2, 0.25) is 5.91 Å². The summed E-state index contributed by atoms with van der Waals surface area (Å²) in [6.07, 6.45) is 2.41. The van der Waals surface area contributed by atoms with Gasteiger partial charge in [0.05, 0.1) is 0 Å². The highest BCUT2D eigenvalue weighted by atomic mass is 16.1. The fourth-order valence-corrected chi connectivity index (χ4v) is 2.54. The van der Waals surface area contributed by atoms with Crippen molar-refractivity contribution in [2.24, 2.45) is 17.6 Å². The molecular formula is C17H28N2O. The largest absolute Gasteiger partial charge is 0.353 e. The lowest BCUT2D eigenvalue weighted by Crippen LogP contribution is -2.36. The average molecular weight is 276 g/mol. The van der Waals surface area contributed by atoms with Crippen LogP contribution >= 0.6 is 0 Å². The van der Waals surface area contributed by atoms with Gasteiger partial charge >= 0.3 is 0 Å². The lowest BCUT2D eigenvalue weighted by Gasteiger charge is -2.19. The van der Waals surface area contributed by atoms with Crippen LogP contribution in [0, 0.1) is 11.8 Å². The maximum absolute atomic E-state index is 12.0. The molecule has 2 unspecified atom stereocenters. The number of amides is 1. The molecule has 1 aromatic rings. The molecule has 1 rings (SSSR count). The zero-order valence-electron chi connectivity index (χ0n) is 12.9. The van der Waals surface area contributed by atoms with E-state index in [1.165, 1.54) is 5.56 Å². The number of nitrogens with one attached hydrogen (secondary N) is 1. The average Bonchev–Trinajstić information content (AvgIpc) is 2.38. The highest BCUT2D eigenvalue weighted by molar-refractivity contribution is 5.76. The number of benzene rings is 1.